The molecular weight excluding hydrogens is 254 g/mol. The minimum Gasteiger partial charge on any atom is -0.481 e. The summed E-state index contributed by atoms with van der Waals surface area (Å²) < 4.78 is 2.17. The first-order chi connectivity index (χ1) is 9.67. The number of imidazole rings is 1. The third kappa shape index (κ3) is 2.59. The molecule has 110 valence electrons. The summed E-state index contributed by atoms with van der Waals surface area (Å²) in [5, 5.41) is 9.14. The van der Waals surface area contributed by atoms with E-state index in [4.69, 9.17) is 10.1 Å². The van der Waals surface area contributed by atoms with Crippen molar-refractivity contribution >= 4 is 5.97 Å². The summed E-state index contributed by atoms with van der Waals surface area (Å²) in [7, 11) is 0. The number of fused-ring (bicyclic) bond motifs is 1. The van der Waals surface area contributed by atoms with E-state index in [1.165, 1.54) is 25.1 Å². The summed E-state index contributed by atoms with van der Waals surface area (Å²) in [5.74, 6) is 0.546. The Labute approximate surface area is 119 Å². The molecule has 2 aliphatic rings. The molecule has 0 amide bonds. The average Bonchev–Trinajstić information content (AvgIpc) is 2.90. The number of aromatic nitrogens is 2. The lowest BCUT2D eigenvalue weighted by molar-refractivity contribution is -0.142. The zero-order chi connectivity index (χ0) is 14.1. The maximum Gasteiger partial charge on any atom is 0.307 e. The highest BCUT2D eigenvalue weighted by atomic mass is 16.4. The number of rotatable bonds is 3. The van der Waals surface area contributed by atoms with Gasteiger partial charge in [-0.2, -0.15) is 0 Å². The smallest absolute Gasteiger partial charge is 0.307 e. The molecule has 3 rings (SSSR count). The molecule has 0 radical (unpaired) electrons. The van der Waals surface area contributed by atoms with Gasteiger partial charge in [-0.25, -0.2) is 4.98 Å². The van der Waals surface area contributed by atoms with Crippen molar-refractivity contribution in [3.05, 3.63) is 17.7 Å². The molecule has 0 saturated carbocycles. The minimum absolute atomic E-state index is 0.253. The summed E-state index contributed by atoms with van der Waals surface area (Å²) in [6.45, 7) is 6.39. The van der Waals surface area contributed by atoms with Gasteiger partial charge in [0.2, 0.25) is 0 Å². The van der Waals surface area contributed by atoms with Gasteiger partial charge in [0.15, 0.2) is 0 Å². The van der Waals surface area contributed by atoms with Crippen LogP contribution >= 0.6 is 0 Å². The van der Waals surface area contributed by atoms with Crippen molar-refractivity contribution in [2.45, 2.75) is 45.1 Å². The molecule has 1 N–H and O–H groups in total. The molecule has 1 aromatic rings. The Kier molecular flexibility index (Phi) is 3.78. The van der Waals surface area contributed by atoms with Crippen molar-refractivity contribution < 1.29 is 9.90 Å². The van der Waals surface area contributed by atoms with Gasteiger partial charge in [0.05, 0.1) is 11.6 Å². The van der Waals surface area contributed by atoms with Gasteiger partial charge < -0.3 is 14.6 Å². The summed E-state index contributed by atoms with van der Waals surface area (Å²) in [6.07, 6.45) is 5.91. The third-order valence-electron chi connectivity index (χ3n) is 4.75. The fourth-order valence-electron chi connectivity index (χ4n) is 3.44. The maximum atomic E-state index is 11.1. The van der Waals surface area contributed by atoms with Crippen LogP contribution in [0.2, 0.25) is 0 Å². The lowest BCUT2D eigenvalue weighted by Crippen LogP contribution is -2.34. The van der Waals surface area contributed by atoms with Crippen molar-refractivity contribution in [2.75, 3.05) is 19.6 Å². The SMILES string of the molecule is CCN1CCCC(c2cn3c(n2)CC(C(=O)O)CC3)C1. The average molecular weight is 277 g/mol. The van der Waals surface area contributed by atoms with E-state index >= 15 is 0 Å². The zero-order valence-corrected chi connectivity index (χ0v) is 12.1. The molecule has 20 heavy (non-hydrogen) atoms. The van der Waals surface area contributed by atoms with Crippen LogP contribution in [0.1, 0.15) is 43.6 Å². The van der Waals surface area contributed by atoms with Gasteiger partial charge in [-0.1, -0.05) is 6.92 Å². The second kappa shape index (κ2) is 5.56. The Morgan fingerprint density at radius 3 is 3.05 bits per heavy atom. The van der Waals surface area contributed by atoms with Gasteiger partial charge in [-0.3, -0.25) is 4.79 Å². The van der Waals surface area contributed by atoms with E-state index in [9.17, 15) is 4.79 Å². The van der Waals surface area contributed by atoms with Crippen LogP contribution < -0.4 is 0 Å². The lowest BCUT2D eigenvalue weighted by atomic mass is 9.95. The second-order valence-electron chi connectivity index (χ2n) is 6.04. The zero-order valence-electron chi connectivity index (χ0n) is 12.1. The van der Waals surface area contributed by atoms with E-state index in [1.54, 1.807) is 0 Å². The Morgan fingerprint density at radius 2 is 2.30 bits per heavy atom. The number of piperidine rings is 1. The van der Waals surface area contributed by atoms with Crippen molar-refractivity contribution in [2.24, 2.45) is 5.92 Å². The van der Waals surface area contributed by atoms with Crippen molar-refractivity contribution in [1.29, 1.82) is 0 Å². The fraction of sp³-hybridized carbons (Fsp3) is 0.733. The van der Waals surface area contributed by atoms with Gasteiger partial charge in [0.1, 0.15) is 5.82 Å². The molecule has 2 aliphatic heterocycles. The van der Waals surface area contributed by atoms with E-state index < -0.39 is 5.97 Å². The number of carbonyl (C=O) groups is 1. The first-order valence-corrected chi connectivity index (χ1v) is 7.68. The Hall–Kier alpha value is -1.36. The number of carboxylic acids is 1. The molecule has 0 spiro atoms. The molecule has 1 aromatic heterocycles. The van der Waals surface area contributed by atoms with Crippen LogP contribution in [0.25, 0.3) is 0 Å². The molecule has 1 saturated heterocycles. The fourth-order valence-corrected chi connectivity index (χ4v) is 3.44. The predicted octanol–water partition coefficient (Wildman–Crippen LogP) is 1.73. The predicted molar refractivity (Wildman–Crippen MR) is 75.8 cm³/mol. The monoisotopic (exact) mass is 277 g/mol. The molecule has 0 bridgehead atoms. The molecule has 5 heteroatoms. The second-order valence-corrected chi connectivity index (χ2v) is 6.04. The van der Waals surface area contributed by atoms with Crippen LogP contribution in [-0.4, -0.2) is 45.2 Å². The van der Waals surface area contributed by atoms with Crippen LogP contribution in [0.4, 0.5) is 0 Å². The van der Waals surface area contributed by atoms with Crippen LogP contribution in [0.5, 0.6) is 0 Å². The molecule has 0 aliphatic carbocycles. The molecular formula is C15H23N3O2. The Morgan fingerprint density at radius 1 is 1.45 bits per heavy atom. The highest BCUT2D eigenvalue weighted by Gasteiger charge is 2.28. The van der Waals surface area contributed by atoms with Gasteiger partial charge in [-0.15, -0.1) is 0 Å². The van der Waals surface area contributed by atoms with E-state index in [1.807, 2.05) is 0 Å². The molecule has 0 aromatic carbocycles. The first kappa shape index (κ1) is 13.6. The number of nitrogens with zero attached hydrogens (tertiary/aromatic N) is 3. The van der Waals surface area contributed by atoms with E-state index in [-0.39, 0.29) is 5.92 Å². The number of likely N-dealkylation sites (N-methyl/N-ethyl adjacent to an activating group) is 1. The Bertz CT molecular complexity index is 497. The maximum absolute atomic E-state index is 11.1. The topological polar surface area (TPSA) is 58.4 Å². The first-order valence-electron chi connectivity index (χ1n) is 7.68. The van der Waals surface area contributed by atoms with Crippen molar-refractivity contribution in [3.63, 3.8) is 0 Å². The Balaban J connectivity index is 1.75. The number of aliphatic carboxylic acids is 1. The number of aryl methyl sites for hydroxylation is 1. The summed E-state index contributed by atoms with van der Waals surface area (Å²) in [5.41, 5.74) is 1.17. The summed E-state index contributed by atoms with van der Waals surface area (Å²) >= 11 is 0. The largest absolute Gasteiger partial charge is 0.481 e. The normalized spacial score (nSPS) is 27.2. The molecule has 2 atom stereocenters. The molecule has 5 nitrogen and oxygen atoms in total. The van der Waals surface area contributed by atoms with Gasteiger partial charge in [0.25, 0.3) is 0 Å². The highest BCUT2D eigenvalue weighted by molar-refractivity contribution is 5.70. The number of hydrogen-bond donors (Lipinski definition) is 1. The third-order valence-corrected chi connectivity index (χ3v) is 4.75. The highest BCUT2D eigenvalue weighted by Crippen LogP contribution is 2.28. The van der Waals surface area contributed by atoms with Crippen molar-refractivity contribution in [3.8, 4) is 0 Å². The minimum atomic E-state index is -0.685. The number of likely N-dealkylation sites (tertiary alicyclic amines) is 1. The summed E-state index contributed by atoms with van der Waals surface area (Å²) in [6, 6.07) is 0. The van der Waals surface area contributed by atoms with Crippen LogP contribution in [0.15, 0.2) is 6.20 Å². The van der Waals surface area contributed by atoms with Crippen molar-refractivity contribution in [1.82, 2.24) is 14.5 Å². The van der Waals surface area contributed by atoms with E-state index in [2.05, 4.69) is 22.6 Å². The number of hydrogen-bond acceptors (Lipinski definition) is 3. The molecule has 2 unspecified atom stereocenters. The lowest BCUT2D eigenvalue weighted by Gasteiger charge is -2.30. The van der Waals surface area contributed by atoms with Crippen LogP contribution in [0, 0.1) is 5.92 Å². The number of carboxylic acid groups (broad SMARTS) is 1. The van der Waals surface area contributed by atoms with Gasteiger partial charge in [-0.05, 0) is 32.4 Å². The molecule has 1 fully saturated rings. The molecule has 3 heterocycles. The van der Waals surface area contributed by atoms with E-state index in [0.29, 0.717) is 12.3 Å². The van der Waals surface area contributed by atoms with Crippen LogP contribution in [-0.2, 0) is 17.8 Å². The van der Waals surface area contributed by atoms with Crippen LogP contribution in [0.3, 0.4) is 0 Å². The summed E-state index contributed by atoms with van der Waals surface area (Å²) in [4.78, 5) is 18.3. The van der Waals surface area contributed by atoms with Gasteiger partial charge >= 0.3 is 5.97 Å². The standard InChI is InChI=1S/C15H23N3O2/c1-2-17-6-3-4-12(9-17)13-10-18-7-5-11(15(19)20)8-14(18)16-13/h10-12H,2-9H2,1H3,(H,19,20). The van der Waals surface area contributed by atoms with E-state index in [0.717, 1.165) is 31.9 Å². The van der Waals surface area contributed by atoms with Gasteiger partial charge in [0, 0.05) is 31.6 Å². The quantitative estimate of drug-likeness (QED) is 0.914.